The number of carbonyl (C=O) groups excluding carboxylic acids is 2. The molecule has 140 valence electrons. The standard InChI is InChI=1S/C19H22BrFN2O3/c20-14-1-2-16(15(21)6-14)26-10-17(24)22-18(25)23-19-7-11-3-12(8-19)5-13(4-11)9-19/h1-2,6,11-13H,3-5,7-10H2,(H2,22,23,24,25). The van der Waals surface area contributed by atoms with Gasteiger partial charge in [0.05, 0.1) is 0 Å². The van der Waals surface area contributed by atoms with E-state index in [1.807, 2.05) is 0 Å². The Labute approximate surface area is 160 Å². The van der Waals surface area contributed by atoms with Crippen LogP contribution < -0.4 is 15.4 Å². The highest BCUT2D eigenvalue weighted by Gasteiger charge is 2.51. The summed E-state index contributed by atoms with van der Waals surface area (Å²) in [6, 6.07) is 3.84. The quantitative estimate of drug-likeness (QED) is 0.772. The van der Waals surface area contributed by atoms with Gasteiger partial charge in [-0.15, -0.1) is 0 Å². The maximum Gasteiger partial charge on any atom is 0.321 e. The zero-order chi connectivity index (χ0) is 18.3. The van der Waals surface area contributed by atoms with Crippen LogP contribution >= 0.6 is 15.9 Å². The van der Waals surface area contributed by atoms with Crippen molar-refractivity contribution in [3.8, 4) is 5.75 Å². The second-order valence-corrected chi connectivity index (χ2v) is 8.98. The molecular formula is C19H22BrFN2O3. The molecule has 2 N–H and O–H groups in total. The van der Waals surface area contributed by atoms with Crippen LogP contribution in [0, 0.1) is 23.6 Å². The summed E-state index contributed by atoms with van der Waals surface area (Å²) in [5.74, 6) is 0.951. The lowest BCUT2D eigenvalue weighted by atomic mass is 9.53. The number of halogens is 2. The summed E-state index contributed by atoms with van der Waals surface area (Å²) >= 11 is 3.16. The van der Waals surface area contributed by atoms with E-state index in [2.05, 4.69) is 26.6 Å². The van der Waals surface area contributed by atoms with Crippen molar-refractivity contribution in [2.75, 3.05) is 6.61 Å². The minimum absolute atomic E-state index is 0.0233. The molecule has 5 rings (SSSR count). The lowest BCUT2D eigenvalue weighted by molar-refractivity contribution is -0.122. The Bertz CT molecular complexity index is 704. The average molecular weight is 425 g/mol. The van der Waals surface area contributed by atoms with Crippen LogP contribution in [0.2, 0.25) is 0 Å². The van der Waals surface area contributed by atoms with Gasteiger partial charge in [0.2, 0.25) is 0 Å². The van der Waals surface area contributed by atoms with Gasteiger partial charge in [0.15, 0.2) is 18.2 Å². The van der Waals surface area contributed by atoms with Gasteiger partial charge in [-0.05, 0) is 74.5 Å². The molecular weight excluding hydrogens is 403 g/mol. The zero-order valence-electron chi connectivity index (χ0n) is 14.4. The maximum absolute atomic E-state index is 13.7. The fourth-order valence-corrected chi connectivity index (χ4v) is 5.77. The first kappa shape index (κ1) is 17.8. The Kier molecular flexibility index (Phi) is 4.67. The summed E-state index contributed by atoms with van der Waals surface area (Å²) in [7, 11) is 0. The third kappa shape index (κ3) is 3.72. The van der Waals surface area contributed by atoms with Crippen molar-refractivity contribution < 1.29 is 18.7 Å². The van der Waals surface area contributed by atoms with Crippen molar-refractivity contribution >= 4 is 27.9 Å². The Hall–Kier alpha value is -1.63. The first-order chi connectivity index (χ1) is 12.4. The Balaban J connectivity index is 1.29. The summed E-state index contributed by atoms with van der Waals surface area (Å²) in [5, 5.41) is 5.38. The fourth-order valence-electron chi connectivity index (χ4n) is 5.43. The molecule has 4 saturated carbocycles. The van der Waals surface area contributed by atoms with Crippen molar-refractivity contribution in [2.24, 2.45) is 17.8 Å². The number of rotatable bonds is 4. The number of urea groups is 1. The SMILES string of the molecule is O=C(COc1ccc(Br)cc1F)NC(=O)NC12CC3CC(CC(C3)C1)C2. The van der Waals surface area contributed by atoms with Crippen molar-refractivity contribution in [1.29, 1.82) is 0 Å². The number of imide groups is 1. The molecule has 5 nitrogen and oxygen atoms in total. The number of carbonyl (C=O) groups is 2. The van der Waals surface area contributed by atoms with Crippen LogP contribution in [0.5, 0.6) is 5.75 Å². The van der Waals surface area contributed by atoms with E-state index in [0.29, 0.717) is 22.2 Å². The molecule has 0 aromatic heterocycles. The number of hydrogen-bond donors (Lipinski definition) is 2. The van der Waals surface area contributed by atoms with E-state index >= 15 is 0 Å². The zero-order valence-corrected chi connectivity index (χ0v) is 16.0. The van der Waals surface area contributed by atoms with Crippen molar-refractivity contribution in [1.82, 2.24) is 10.6 Å². The molecule has 0 saturated heterocycles. The molecule has 3 amide bonds. The van der Waals surface area contributed by atoms with Crippen molar-refractivity contribution in [2.45, 2.75) is 44.1 Å². The van der Waals surface area contributed by atoms with Crippen molar-refractivity contribution in [3.63, 3.8) is 0 Å². The van der Waals surface area contributed by atoms with Crippen LogP contribution in [-0.2, 0) is 4.79 Å². The molecule has 1 aromatic carbocycles. The molecule has 0 unspecified atom stereocenters. The lowest BCUT2D eigenvalue weighted by Gasteiger charge is -2.56. The molecule has 4 aliphatic rings. The highest BCUT2D eigenvalue weighted by molar-refractivity contribution is 9.10. The van der Waals surface area contributed by atoms with Crippen LogP contribution in [0.1, 0.15) is 38.5 Å². The highest BCUT2D eigenvalue weighted by Crippen LogP contribution is 2.55. The van der Waals surface area contributed by atoms with Gasteiger partial charge in [0.25, 0.3) is 5.91 Å². The maximum atomic E-state index is 13.7. The van der Waals surface area contributed by atoms with Gasteiger partial charge in [0, 0.05) is 10.0 Å². The van der Waals surface area contributed by atoms with Gasteiger partial charge in [-0.3, -0.25) is 10.1 Å². The minimum Gasteiger partial charge on any atom is -0.481 e. The number of amides is 3. The van der Waals surface area contributed by atoms with E-state index in [4.69, 9.17) is 4.74 Å². The van der Waals surface area contributed by atoms with Crippen LogP contribution in [-0.4, -0.2) is 24.1 Å². The third-order valence-electron chi connectivity index (χ3n) is 5.92. The predicted molar refractivity (Wildman–Crippen MR) is 97.2 cm³/mol. The number of ether oxygens (including phenoxy) is 1. The molecule has 7 heteroatoms. The molecule has 4 bridgehead atoms. The second-order valence-electron chi connectivity index (χ2n) is 8.06. The van der Waals surface area contributed by atoms with E-state index in [1.54, 1.807) is 6.07 Å². The van der Waals surface area contributed by atoms with Crippen LogP contribution in [0.4, 0.5) is 9.18 Å². The first-order valence-electron chi connectivity index (χ1n) is 9.11. The largest absolute Gasteiger partial charge is 0.481 e. The summed E-state index contributed by atoms with van der Waals surface area (Å²) in [6.07, 6.45) is 6.90. The first-order valence-corrected chi connectivity index (χ1v) is 9.90. The van der Waals surface area contributed by atoms with E-state index in [-0.39, 0.29) is 11.3 Å². The molecule has 4 fully saturated rings. The van der Waals surface area contributed by atoms with Gasteiger partial charge in [0.1, 0.15) is 0 Å². The van der Waals surface area contributed by atoms with Gasteiger partial charge in [-0.1, -0.05) is 15.9 Å². The van der Waals surface area contributed by atoms with Crippen molar-refractivity contribution in [3.05, 3.63) is 28.5 Å². The monoisotopic (exact) mass is 424 g/mol. The molecule has 0 aliphatic heterocycles. The average Bonchev–Trinajstić information content (AvgIpc) is 2.51. The molecule has 0 radical (unpaired) electrons. The summed E-state index contributed by atoms with van der Waals surface area (Å²) in [6.45, 7) is -0.410. The Morgan fingerprint density at radius 3 is 2.35 bits per heavy atom. The lowest BCUT2D eigenvalue weighted by Crippen LogP contribution is -2.62. The topological polar surface area (TPSA) is 67.4 Å². The van der Waals surface area contributed by atoms with E-state index in [9.17, 15) is 14.0 Å². The number of benzene rings is 1. The minimum atomic E-state index is -0.588. The molecule has 0 atom stereocenters. The van der Waals surface area contributed by atoms with Crippen LogP contribution in [0.25, 0.3) is 0 Å². The molecule has 4 aliphatic carbocycles. The molecule has 26 heavy (non-hydrogen) atoms. The van der Waals surface area contributed by atoms with Crippen LogP contribution in [0.15, 0.2) is 22.7 Å². The Morgan fingerprint density at radius 1 is 1.15 bits per heavy atom. The summed E-state index contributed by atoms with van der Waals surface area (Å²) < 4.78 is 19.4. The van der Waals surface area contributed by atoms with E-state index in [0.717, 1.165) is 19.3 Å². The van der Waals surface area contributed by atoms with Gasteiger partial charge in [-0.25, -0.2) is 9.18 Å². The predicted octanol–water partition coefficient (Wildman–Crippen LogP) is 3.76. The molecule has 1 aromatic rings. The third-order valence-corrected chi connectivity index (χ3v) is 6.42. The van der Waals surface area contributed by atoms with Crippen LogP contribution in [0.3, 0.4) is 0 Å². The normalized spacial score (nSPS) is 31.5. The molecule has 0 heterocycles. The summed E-state index contributed by atoms with van der Waals surface area (Å²) in [4.78, 5) is 24.2. The highest BCUT2D eigenvalue weighted by atomic mass is 79.9. The van der Waals surface area contributed by atoms with E-state index < -0.39 is 24.4 Å². The van der Waals surface area contributed by atoms with Gasteiger partial charge >= 0.3 is 6.03 Å². The second kappa shape index (κ2) is 6.83. The van der Waals surface area contributed by atoms with Gasteiger partial charge in [-0.2, -0.15) is 0 Å². The fraction of sp³-hybridized carbons (Fsp3) is 0.579. The van der Waals surface area contributed by atoms with Gasteiger partial charge < -0.3 is 10.1 Å². The Morgan fingerprint density at radius 2 is 1.77 bits per heavy atom. The number of hydrogen-bond acceptors (Lipinski definition) is 3. The molecule has 0 spiro atoms. The smallest absolute Gasteiger partial charge is 0.321 e. The summed E-state index contributed by atoms with van der Waals surface area (Å²) in [5.41, 5.74) is -0.155. The van der Waals surface area contributed by atoms with E-state index in [1.165, 1.54) is 31.4 Å². The number of nitrogens with one attached hydrogen (secondary N) is 2.